The molecule has 1 unspecified atom stereocenters. The fourth-order valence-electron chi connectivity index (χ4n) is 5.79. The van der Waals surface area contributed by atoms with E-state index in [1.54, 1.807) is 0 Å². The lowest BCUT2D eigenvalue weighted by Gasteiger charge is -2.47. The number of likely N-dealkylation sites (tertiary alicyclic amines) is 1. The smallest absolute Gasteiger partial charge is 0.222 e. The molecule has 3 aliphatic rings. The average molecular weight is 419 g/mol. The van der Waals surface area contributed by atoms with Crippen molar-refractivity contribution in [1.29, 1.82) is 0 Å². The van der Waals surface area contributed by atoms with E-state index >= 15 is 0 Å². The first-order valence-corrected chi connectivity index (χ1v) is 12.0. The van der Waals surface area contributed by atoms with Gasteiger partial charge in [-0.1, -0.05) is 67.4 Å². The molecule has 1 atom stereocenters. The van der Waals surface area contributed by atoms with Crippen LogP contribution in [0.25, 0.3) is 0 Å². The first kappa shape index (κ1) is 20.7. The van der Waals surface area contributed by atoms with Gasteiger partial charge in [-0.2, -0.15) is 0 Å². The summed E-state index contributed by atoms with van der Waals surface area (Å²) in [5, 5.41) is 3.25. The van der Waals surface area contributed by atoms with Gasteiger partial charge in [0, 0.05) is 25.7 Å². The van der Waals surface area contributed by atoms with Crippen molar-refractivity contribution in [1.82, 2.24) is 10.2 Å². The topological polar surface area (TPSA) is 41.6 Å². The minimum Gasteiger partial charge on any atom is -0.366 e. The summed E-state index contributed by atoms with van der Waals surface area (Å²) in [6.07, 6.45) is 7.97. The molecule has 2 fully saturated rings. The van der Waals surface area contributed by atoms with E-state index in [1.807, 2.05) is 0 Å². The molecule has 2 aromatic rings. The van der Waals surface area contributed by atoms with Crippen molar-refractivity contribution in [2.45, 2.75) is 75.7 Å². The predicted octanol–water partition coefficient (Wildman–Crippen LogP) is 4.57. The highest BCUT2D eigenvalue weighted by Gasteiger charge is 2.44. The number of nitrogens with one attached hydrogen (secondary N) is 1. The Hall–Kier alpha value is -2.17. The summed E-state index contributed by atoms with van der Waals surface area (Å²) < 4.78 is 6.79. The second kappa shape index (κ2) is 9.13. The molecule has 4 heteroatoms. The highest BCUT2D eigenvalue weighted by Crippen LogP contribution is 2.44. The molecule has 1 spiro atoms. The van der Waals surface area contributed by atoms with Crippen LogP contribution in [0.2, 0.25) is 0 Å². The monoisotopic (exact) mass is 418 g/mol. The quantitative estimate of drug-likeness (QED) is 0.773. The molecule has 2 aromatic carbocycles. The highest BCUT2D eigenvalue weighted by atomic mass is 16.5. The van der Waals surface area contributed by atoms with Gasteiger partial charge in [-0.25, -0.2) is 0 Å². The van der Waals surface area contributed by atoms with Crippen molar-refractivity contribution in [2.75, 3.05) is 13.1 Å². The highest BCUT2D eigenvalue weighted by molar-refractivity contribution is 5.77. The number of ether oxygens (including phenoxy) is 1. The molecule has 31 heavy (non-hydrogen) atoms. The van der Waals surface area contributed by atoms with E-state index in [-0.39, 0.29) is 17.6 Å². The minimum atomic E-state index is -0.250. The zero-order valence-corrected chi connectivity index (χ0v) is 18.4. The van der Waals surface area contributed by atoms with Gasteiger partial charge >= 0.3 is 0 Å². The van der Waals surface area contributed by atoms with Crippen LogP contribution in [-0.2, 0) is 28.1 Å². The SMILES string of the molecule is O=C(CC1Cc2ccccc2C2(CCN(Cc3ccccc3)CC2)O1)NC1CCCC1. The molecule has 2 aliphatic heterocycles. The Morgan fingerprint density at radius 1 is 1.00 bits per heavy atom. The number of hydrogen-bond acceptors (Lipinski definition) is 3. The Morgan fingerprint density at radius 3 is 2.48 bits per heavy atom. The molecule has 1 N–H and O–H groups in total. The summed E-state index contributed by atoms with van der Waals surface area (Å²) in [5.74, 6) is 0.160. The van der Waals surface area contributed by atoms with Crippen LogP contribution in [0.1, 0.15) is 61.6 Å². The molecule has 164 valence electrons. The molecule has 0 bridgehead atoms. The van der Waals surface area contributed by atoms with Crippen LogP contribution < -0.4 is 5.32 Å². The van der Waals surface area contributed by atoms with Crippen molar-refractivity contribution in [3.63, 3.8) is 0 Å². The van der Waals surface area contributed by atoms with E-state index in [9.17, 15) is 4.79 Å². The van der Waals surface area contributed by atoms with Gasteiger partial charge in [0.2, 0.25) is 5.91 Å². The van der Waals surface area contributed by atoms with Gasteiger partial charge in [-0.3, -0.25) is 9.69 Å². The molecule has 1 amide bonds. The van der Waals surface area contributed by atoms with Crippen LogP contribution in [0, 0.1) is 0 Å². The first-order valence-electron chi connectivity index (χ1n) is 12.0. The summed E-state index contributed by atoms with van der Waals surface area (Å²) in [4.78, 5) is 15.2. The fourth-order valence-corrected chi connectivity index (χ4v) is 5.79. The van der Waals surface area contributed by atoms with Crippen LogP contribution in [0.4, 0.5) is 0 Å². The van der Waals surface area contributed by atoms with Crippen LogP contribution in [0.15, 0.2) is 54.6 Å². The number of benzene rings is 2. The molecule has 1 saturated carbocycles. The number of piperidine rings is 1. The molecule has 4 nitrogen and oxygen atoms in total. The van der Waals surface area contributed by atoms with Crippen molar-refractivity contribution < 1.29 is 9.53 Å². The van der Waals surface area contributed by atoms with E-state index in [0.29, 0.717) is 12.5 Å². The van der Waals surface area contributed by atoms with E-state index in [2.05, 4.69) is 64.8 Å². The average Bonchev–Trinajstić information content (AvgIpc) is 3.29. The first-order chi connectivity index (χ1) is 15.2. The zero-order chi connectivity index (χ0) is 21.1. The summed E-state index contributed by atoms with van der Waals surface area (Å²) >= 11 is 0. The van der Waals surface area contributed by atoms with E-state index in [4.69, 9.17) is 4.74 Å². The van der Waals surface area contributed by atoms with Gasteiger partial charge < -0.3 is 10.1 Å². The summed E-state index contributed by atoms with van der Waals surface area (Å²) in [6.45, 7) is 3.03. The van der Waals surface area contributed by atoms with Gasteiger partial charge in [-0.05, 0) is 48.8 Å². The number of fused-ring (bicyclic) bond motifs is 2. The Bertz CT molecular complexity index is 883. The number of nitrogens with zero attached hydrogens (tertiary/aromatic N) is 1. The number of amides is 1. The lowest BCUT2D eigenvalue weighted by atomic mass is 9.77. The lowest BCUT2D eigenvalue weighted by molar-refractivity contribution is -0.150. The molecule has 1 saturated heterocycles. The van der Waals surface area contributed by atoms with Crippen molar-refractivity contribution in [3.8, 4) is 0 Å². The van der Waals surface area contributed by atoms with Crippen molar-refractivity contribution in [2.24, 2.45) is 0 Å². The predicted molar refractivity (Wildman–Crippen MR) is 123 cm³/mol. The summed E-state index contributed by atoms with van der Waals surface area (Å²) in [7, 11) is 0. The van der Waals surface area contributed by atoms with E-state index in [0.717, 1.165) is 51.7 Å². The van der Waals surface area contributed by atoms with Gasteiger partial charge in [0.25, 0.3) is 0 Å². The molecule has 5 rings (SSSR count). The molecule has 1 aliphatic carbocycles. The van der Waals surface area contributed by atoms with E-state index in [1.165, 1.54) is 29.5 Å². The maximum absolute atomic E-state index is 12.7. The largest absolute Gasteiger partial charge is 0.366 e. The third kappa shape index (κ3) is 4.70. The van der Waals surface area contributed by atoms with Crippen LogP contribution in [0.5, 0.6) is 0 Å². The van der Waals surface area contributed by atoms with Gasteiger partial charge in [0.1, 0.15) is 0 Å². The summed E-state index contributed by atoms with van der Waals surface area (Å²) in [5.41, 5.74) is 3.83. The lowest BCUT2D eigenvalue weighted by Crippen LogP contribution is -2.49. The Kier molecular flexibility index (Phi) is 6.10. The summed E-state index contributed by atoms with van der Waals surface area (Å²) in [6, 6.07) is 19.8. The third-order valence-corrected chi connectivity index (χ3v) is 7.39. The standard InChI is InChI=1S/C27H34N2O2/c30-26(28-23-11-5-6-12-23)19-24-18-22-10-4-7-13-25(22)27(31-24)14-16-29(17-15-27)20-21-8-2-1-3-9-21/h1-4,7-10,13,23-24H,5-6,11-12,14-20H2,(H,28,30). The molecule has 0 aromatic heterocycles. The molecule has 2 heterocycles. The minimum absolute atomic E-state index is 0.0306. The molecular weight excluding hydrogens is 384 g/mol. The number of rotatable bonds is 5. The maximum atomic E-state index is 12.7. The van der Waals surface area contributed by atoms with Crippen molar-refractivity contribution in [3.05, 3.63) is 71.3 Å². The second-order valence-corrected chi connectivity index (χ2v) is 9.61. The van der Waals surface area contributed by atoms with E-state index < -0.39 is 0 Å². The third-order valence-electron chi connectivity index (χ3n) is 7.39. The zero-order valence-electron chi connectivity index (χ0n) is 18.4. The van der Waals surface area contributed by atoms with Gasteiger partial charge in [0.15, 0.2) is 0 Å². The van der Waals surface area contributed by atoms with Crippen LogP contribution in [-0.4, -0.2) is 36.0 Å². The van der Waals surface area contributed by atoms with Crippen LogP contribution >= 0.6 is 0 Å². The van der Waals surface area contributed by atoms with Crippen molar-refractivity contribution >= 4 is 5.91 Å². The normalized spacial score (nSPS) is 23.5. The maximum Gasteiger partial charge on any atom is 0.222 e. The Morgan fingerprint density at radius 2 is 1.71 bits per heavy atom. The van der Waals surface area contributed by atoms with Crippen LogP contribution in [0.3, 0.4) is 0 Å². The number of carbonyl (C=O) groups is 1. The fraction of sp³-hybridized carbons (Fsp3) is 0.519. The Labute approximate surface area is 186 Å². The van der Waals surface area contributed by atoms with Gasteiger partial charge in [0.05, 0.1) is 18.1 Å². The Balaban J connectivity index is 1.26. The number of carbonyl (C=O) groups excluding carboxylic acids is 1. The van der Waals surface area contributed by atoms with Gasteiger partial charge in [-0.15, -0.1) is 0 Å². The molecular formula is C27H34N2O2. The molecule has 0 radical (unpaired) electrons. The second-order valence-electron chi connectivity index (χ2n) is 9.61. The number of hydrogen-bond donors (Lipinski definition) is 1.